The minimum absolute atomic E-state index is 0.0546. The van der Waals surface area contributed by atoms with E-state index in [1.165, 1.54) is 11.1 Å². The number of aryl methyl sites for hydroxylation is 1. The highest BCUT2D eigenvalue weighted by molar-refractivity contribution is 5.97. The molecule has 0 saturated heterocycles. The van der Waals surface area contributed by atoms with Gasteiger partial charge in [-0.3, -0.25) is 4.90 Å². The van der Waals surface area contributed by atoms with Gasteiger partial charge in [0.15, 0.2) is 0 Å². The van der Waals surface area contributed by atoms with Crippen LogP contribution in [0.4, 0.5) is 10.5 Å². The predicted octanol–water partition coefficient (Wildman–Crippen LogP) is 3.96. The second-order valence-electron chi connectivity index (χ2n) is 6.87. The van der Waals surface area contributed by atoms with Crippen LogP contribution >= 0.6 is 0 Å². The van der Waals surface area contributed by atoms with Gasteiger partial charge in [0.2, 0.25) is 0 Å². The average Bonchev–Trinajstić information content (AvgIpc) is 3.00. The molecule has 0 spiro atoms. The van der Waals surface area contributed by atoms with Crippen LogP contribution in [0.15, 0.2) is 36.4 Å². The Morgan fingerprint density at radius 2 is 1.96 bits per heavy atom. The van der Waals surface area contributed by atoms with Crippen molar-refractivity contribution in [3.05, 3.63) is 58.7 Å². The van der Waals surface area contributed by atoms with Gasteiger partial charge in [0, 0.05) is 24.1 Å². The second-order valence-corrected chi connectivity index (χ2v) is 6.87. The zero-order valence-electron chi connectivity index (χ0n) is 14.3. The first-order valence-electron chi connectivity index (χ1n) is 8.50. The van der Waals surface area contributed by atoms with Gasteiger partial charge in [-0.05, 0) is 38.0 Å². The van der Waals surface area contributed by atoms with Crippen LogP contribution in [0.1, 0.15) is 42.1 Å². The fraction of sp³-hybridized carbons (Fsp3) is 0.350. The molecule has 1 unspecified atom stereocenters. The topological polar surface area (TPSA) is 41.6 Å². The smallest absolute Gasteiger partial charge is 0.322 e. The number of nitrogens with zero attached hydrogens (tertiary/aromatic N) is 1. The summed E-state index contributed by atoms with van der Waals surface area (Å²) in [5.41, 5.74) is 5.66. The average molecular weight is 322 g/mol. The fourth-order valence-corrected chi connectivity index (χ4v) is 3.59. The number of amides is 2. The summed E-state index contributed by atoms with van der Waals surface area (Å²) in [7, 11) is 0. The molecule has 0 bridgehead atoms. The molecule has 4 rings (SSSR count). The summed E-state index contributed by atoms with van der Waals surface area (Å²) in [6.45, 7) is 6.85. The summed E-state index contributed by atoms with van der Waals surface area (Å²) in [6.07, 6.45) is 0.929. The van der Waals surface area contributed by atoms with E-state index < -0.39 is 0 Å². The molecule has 2 aromatic carbocycles. The maximum Gasteiger partial charge on any atom is 0.322 e. The van der Waals surface area contributed by atoms with Gasteiger partial charge in [-0.2, -0.15) is 0 Å². The molecule has 2 amide bonds. The Hall–Kier alpha value is -2.49. The zero-order valence-corrected chi connectivity index (χ0v) is 14.3. The highest BCUT2D eigenvalue weighted by atomic mass is 16.5. The molecule has 1 N–H and O–H groups in total. The van der Waals surface area contributed by atoms with E-state index in [2.05, 4.69) is 42.6 Å². The number of hydrogen-bond acceptors (Lipinski definition) is 2. The first-order valence-corrected chi connectivity index (χ1v) is 8.50. The lowest BCUT2D eigenvalue weighted by atomic mass is 9.92. The van der Waals surface area contributed by atoms with E-state index in [-0.39, 0.29) is 18.1 Å². The Bertz CT molecular complexity index is 796. The molecule has 4 heteroatoms. The molecule has 2 aliphatic heterocycles. The molecule has 24 heavy (non-hydrogen) atoms. The monoisotopic (exact) mass is 322 g/mol. The third-order valence-electron chi connectivity index (χ3n) is 4.82. The van der Waals surface area contributed by atoms with Crippen molar-refractivity contribution >= 4 is 11.7 Å². The molecule has 0 aliphatic carbocycles. The van der Waals surface area contributed by atoms with E-state index >= 15 is 0 Å². The number of carbonyl (C=O) groups excluding carboxylic acids is 1. The molecule has 124 valence electrons. The lowest BCUT2D eigenvalue weighted by Crippen LogP contribution is -2.50. The number of urea groups is 1. The number of nitrogens with one attached hydrogen (secondary N) is 1. The Labute approximate surface area is 142 Å². The number of fused-ring (bicyclic) bond motifs is 2. The molecule has 2 heterocycles. The van der Waals surface area contributed by atoms with Gasteiger partial charge >= 0.3 is 6.03 Å². The minimum Gasteiger partial charge on any atom is -0.493 e. The van der Waals surface area contributed by atoms with Crippen molar-refractivity contribution in [3.8, 4) is 5.75 Å². The van der Waals surface area contributed by atoms with E-state index in [4.69, 9.17) is 4.74 Å². The first-order chi connectivity index (χ1) is 11.5. The van der Waals surface area contributed by atoms with E-state index in [0.29, 0.717) is 0 Å². The molecule has 0 saturated carbocycles. The van der Waals surface area contributed by atoms with Crippen LogP contribution < -0.4 is 15.0 Å². The molecule has 0 fully saturated rings. The minimum atomic E-state index is -0.117. The molecule has 0 aromatic heterocycles. The molecule has 2 aromatic rings. The Morgan fingerprint density at radius 3 is 2.67 bits per heavy atom. The predicted molar refractivity (Wildman–Crippen MR) is 94.8 cm³/mol. The summed E-state index contributed by atoms with van der Waals surface area (Å²) in [4.78, 5) is 14.5. The number of hydrogen-bond donors (Lipinski definition) is 1. The van der Waals surface area contributed by atoms with Gasteiger partial charge in [0.1, 0.15) is 5.75 Å². The molecular weight excluding hydrogens is 300 g/mol. The van der Waals surface area contributed by atoms with Crippen molar-refractivity contribution < 1.29 is 9.53 Å². The Balaban J connectivity index is 1.88. The standard InChI is InChI=1S/C20H22N2O2/c1-12(2)22-17-11-18-15(8-9-24-18)10-16(17)19(21-20(22)23)14-6-4-13(3)5-7-14/h4-7,10-12,19H,8-9H2,1-3H3,(H,21,23). The molecule has 2 aliphatic rings. The largest absolute Gasteiger partial charge is 0.493 e. The third kappa shape index (κ3) is 2.33. The third-order valence-corrected chi connectivity index (χ3v) is 4.82. The highest BCUT2D eigenvalue weighted by Crippen LogP contribution is 2.41. The van der Waals surface area contributed by atoms with Crippen molar-refractivity contribution in [1.82, 2.24) is 5.32 Å². The van der Waals surface area contributed by atoms with Crippen LogP contribution in [0, 0.1) is 6.92 Å². The Morgan fingerprint density at radius 1 is 1.21 bits per heavy atom. The summed E-state index contributed by atoms with van der Waals surface area (Å²) in [6, 6.07) is 12.5. The normalized spacial score (nSPS) is 18.9. The van der Waals surface area contributed by atoms with Crippen LogP contribution in [0.25, 0.3) is 0 Å². The molecule has 1 atom stereocenters. The van der Waals surface area contributed by atoms with Crippen molar-refractivity contribution in [1.29, 1.82) is 0 Å². The number of benzene rings is 2. The van der Waals surface area contributed by atoms with Gasteiger partial charge in [0.05, 0.1) is 18.3 Å². The molecule has 4 nitrogen and oxygen atoms in total. The Kier molecular flexibility index (Phi) is 3.48. The first kappa shape index (κ1) is 15.1. The number of carbonyl (C=O) groups is 1. The van der Waals surface area contributed by atoms with Crippen molar-refractivity contribution in [2.75, 3.05) is 11.5 Å². The molecular formula is C20H22N2O2. The van der Waals surface area contributed by atoms with Crippen LogP contribution in [0.3, 0.4) is 0 Å². The number of rotatable bonds is 2. The lowest BCUT2D eigenvalue weighted by Gasteiger charge is -2.38. The van der Waals surface area contributed by atoms with E-state index in [9.17, 15) is 4.79 Å². The lowest BCUT2D eigenvalue weighted by molar-refractivity contribution is 0.241. The fourth-order valence-electron chi connectivity index (χ4n) is 3.59. The van der Waals surface area contributed by atoms with E-state index in [1.54, 1.807) is 0 Å². The van der Waals surface area contributed by atoms with Crippen LogP contribution in [-0.2, 0) is 6.42 Å². The quantitative estimate of drug-likeness (QED) is 0.909. The zero-order chi connectivity index (χ0) is 16.8. The van der Waals surface area contributed by atoms with Crippen LogP contribution in [0.2, 0.25) is 0 Å². The maximum atomic E-state index is 12.7. The molecule has 0 radical (unpaired) electrons. The van der Waals surface area contributed by atoms with Gasteiger partial charge in [0.25, 0.3) is 0 Å². The maximum absolute atomic E-state index is 12.7. The van der Waals surface area contributed by atoms with Crippen LogP contribution in [0.5, 0.6) is 5.75 Å². The summed E-state index contributed by atoms with van der Waals surface area (Å²) in [5, 5.41) is 3.18. The summed E-state index contributed by atoms with van der Waals surface area (Å²) < 4.78 is 5.73. The summed E-state index contributed by atoms with van der Waals surface area (Å²) in [5.74, 6) is 0.914. The van der Waals surface area contributed by atoms with Gasteiger partial charge in [-0.25, -0.2) is 4.79 Å². The van der Waals surface area contributed by atoms with E-state index in [0.717, 1.165) is 35.6 Å². The van der Waals surface area contributed by atoms with Gasteiger partial charge in [-0.15, -0.1) is 0 Å². The van der Waals surface area contributed by atoms with Crippen molar-refractivity contribution in [3.63, 3.8) is 0 Å². The van der Waals surface area contributed by atoms with Crippen LogP contribution in [-0.4, -0.2) is 18.7 Å². The van der Waals surface area contributed by atoms with Crippen molar-refractivity contribution in [2.45, 2.75) is 39.3 Å². The van der Waals surface area contributed by atoms with Crippen molar-refractivity contribution in [2.24, 2.45) is 0 Å². The van der Waals surface area contributed by atoms with Gasteiger partial charge < -0.3 is 10.1 Å². The summed E-state index contributed by atoms with van der Waals surface area (Å²) >= 11 is 0. The van der Waals surface area contributed by atoms with E-state index in [1.807, 2.05) is 24.8 Å². The van der Waals surface area contributed by atoms with Gasteiger partial charge in [-0.1, -0.05) is 29.8 Å². The highest BCUT2D eigenvalue weighted by Gasteiger charge is 2.34. The second kappa shape index (κ2) is 5.55. The number of anilines is 1. The number of ether oxygens (including phenoxy) is 1. The SMILES string of the molecule is Cc1ccc(C2NC(=O)N(C(C)C)c3cc4c(cc32)CCO4)cc1.